The Hall–Kier alpha value is -1.15. The van der Waals surface area contributed by atoms with Gasteiger partial charge in [-0.25, -0.2) is 0 Å². The summed E-state index contributed by atoms with van der Waals surface area (Å²) >= 11 is 1.96. The maximum Gasteiger partial charge on any atom is 0.0875 e. The van der Waals surface area contributed by atoms with Gasteiger partial charge in [0, 0.05) is 11.1 Å². The minimum absolute atomic E-state index is 0.558. The molecule has 0 fully saturated rings. The van der Waals surface area contributed by atoms with E-state index in [1.54, 1.807) is 0 Å². The smallest absolute Gasteiger partial charge is 0.0875 e. The van der Waals surface area contributed by atoms with Crippen LogP contribution in [0.1, 0.15) is 6.42 Å². The van der Waals surface area contributed by atoms with Gasteiger partial charge in [0.1, 0.15) is 0 Å². The van der Waals surface area contributed by atoms with Gasteiger partial charge in [-0.15, -0.1) is 0 Å². The Labute approximate surface area is 88.1 Å². The molecule has 70 valence electrons. The third-order valence-electron chi connectivity index (χ3n) is 2.55. The van der Waals surface area contributed by atoms with E-state index in [2.05, 4.69) is 53.6 Å². The highest BCUT2D eigenvalue weighted by Crippen LogP contribution is 2.45. The van der Waals surface area contributed by atoms with E-state index >= 15 is 0 Å². The van der Waals surface area contributed by atoms with E-state index in [0.717, 1.165) is 6.42 Å². The minimum atomic E-state index is 0.558. The number of hydrogen-bond acceptors (Lipinski definition) is 2. The number of hydrogen-bond donors (Lipinski definition) is 0. The van der Waals surface area contributed by atoms with Crippen LogP contribution in [0, 0.1) is 0 Å². The summed E-state index contributed by atoms with van der Waals surface area (Å²) in [6.45, 7) is 0. The summed E-state index contributed by atoms with van der Waals surface area (Å²) in [4.78, 5) is 3.76. The minimum Gasteiger partial charge on any atom is -0.334 e. The zero-order valence-corrected chi connectivity index (χ0v) is 8.58. The van der Waals surface area contributed by atoms with Crippen LogP contribution in [0.15, 0.2) is 53.6 Å². The largest absolute Gasteiger partial charge is 0.334 e. The maximum absolute atomic E-state index is 2.36. The molecule has 0 saturated heterocycles. The molecule has 0 aliphatic carbocycles. The molecule has 0 bridgehead atoms. The molecule has 0 aromatic heterocycles. The third-order valence-corrected chi connectivity index (χ3v) is 3.84. The van der Waals surface area contributed by atoms with Crippen molar-refractivity contribution in [2.75, 3.05) is 4.90 Å². The average Bonchev–Trinajstić information content (AvgIpc) is 2.42. The van der Waals surface area contributed by atoms with Gasteiger partial charge >= 0.3 is 0 Å². The predicted molar refractivity (Wildman–Crippen MR) is 61.5 cm³/mol. The molecule has 1 aromatic carbocycles. The molecule has 1 unspecified atom stereocenters. The summed E-state index contributed by atoms with van der Waals surface area (Å²) in [5.74, 6) is 0. The Morgan fingerprint density at radius 1 is 1.21 bits per heavy atom. The van der Waals surface area contributed by atoms with Crippen LogP contribution in [0.4, 0.5) is 5.69 Å². The molecule has 0 radical (unpaired) electrons. The molecule has 14 heavy (non-hydrogen) atoms. The summed E-state index contributed by atoms with van der Waals surface area (Å²) < 4.78 is 0. The van der Waals surface area contributed by atoms with Gasteiger partial charge < -0.3 is 4.90 Å². The molecule has 1 aromatic rings. The van der Waals surface area contributed by atoms with Gasteiger partial charge in [-0.2, -0.15) is 0 Å². The summed E-state index contributed by atoms with van der Waals surface area (Å²) in [6, 6.07) is 8.61. The van der Waals surface area contributed by atoms with Gasteiger partial charge in [0.15, 0.2) is 0 Å². The molecule has 0 amide bonds. The molecular weight excluding hydrogens is 190 g/mol. The molecule has 2 aliphatic heterocycles. The monoisotopic (exact) mass is 201 g/mol. The molecule has 2 heterocycles. The number of nitrogens with zero attached hydrogens (tertiary/aromatic N) is 1. The molecular formula is C12H11NS. The van der Waals surface area contributed by atoms with Gasteiger partial charge in [0.25, 0.3) is 0 Å². The summed E-state index contributed by atoms with van der Waals surface area (Å²) in [7, 11) is 0. The number of fused-ring (bicyclic) bond motifs is 3. The Morgan fingerprint density at radius 2 is 2.14 bits per heavy atom. The summed E-state index contributed by atoms with van der Waals surface area (Å²) in [6.07, 6.45) is 9.77. The lowest BCUT2D eigenvalue weighted by Crippen LogP contribution is -2.21. The molecule has 1 nitrogen and oxygen atoms in total. The molecule has 0 spiro atoms. The van der Waals surface area contributed by atoms with Crippen LogP contribution in [0.5, 0.6) is 0 Å². The van der Waals surface area contributed by atoms with Gasteiger partial charge in [-0.3, -0.25) is 0 Å². The third kappa shape index (κ3) is 1.18. The summed E-state index contributed by atoms with van der Waals surface area (Å²) in [5.41, 5.74) is 1.35. The topological polar surface area (TPSA) is 3.24 Å². The fourth-order valence-electron chi connectivity index (χ4n) is 1.88. The highest BCUT2D eigenvalue weighted by Gasteiger charge is 2.27. The van der Waals surface area contributed by atoms with Gasteiger partial charge in [-0.1, -0.05) is 36.0 Å². The number of para-hydroxylation sites is 1. The van der Waals surface area contributed by atoms with E-state index in [9.17, 15) is 0 Å². The van der Waals surface area contributed by atoms with E-state index in [1.165, 1.54) is 10.6 Å². The Kier molecular flexibility index (Phi) is 1.88. The van der Waals surface area contributed by atoms with Crippen molar-refractivity contribution in [2.45, 2.75) is 16.7 Å². The predicted octanol–water partition coefficient (Wildman–Crippen LogP) is 3.40. The van der Waals surface area contributed by atoms with Crippen molar-refractivity contribution in [3.63, 3.8) is 0 Å². The molecule has 0 N–H and O–H groups in total. The van der Waals surface area contributed by atoms with Crippen molar-refractivity contribution in [2.24, 2.45) is 0 Å². The van der Waals surface area contributed by atoms with Crippen molar-refractivity contribution < 1.29 is 0 Å². The molecule has 1 atom stereocenters. The lowest BCUT2D eigenvalue weighted by molar-refractivity contribution is 0.894. The van der Waals surface area contributed by atoms with Crippen molar-refractivity contribution in [1.29, 1.82) is 0 Å². The lowest BCUT2D eigenvalue weighted by Gasteiger charge is -2.19. The Bertz CT molecular complexity index is 409. The van der Waals surface area contributed by atoms with Gasteiger partial charge in [-0.05, 0) is 24.6 Å². The standard InChI is InChI=1S/C12H11NS/c1-2-8-12-13(9-5-1)10-6-3-4-7-11(10)14-12/h1-7,9,12H,8H2. The van der Waals surface area contributed by atoms with Crippen molar-refractivity contribution in [3.8, 4) is 0 Å². The zero-order chi connectivity index (χ0) is 9.38. The Balaban J connectivity index is 2.06. The normalized spacial score (nSPS) is 23.1. The van der Waals surface area contributed by atoms with Gasteiger partial charge in [0.05, 0.1) is 11.1 Å². The number of thioether (sulfide) groups is 1. The first-order chi connectivity index (χ1) is 6.95. The van der Waals surface area contributed by atoms with Crippen LogP contribution in [0.3, 0.4) is 0 Å². The van der Waals surface area contributed by atoms with Crippen LogP contribution in [-0.2, 0) is 0 Å². The van der Waals surface area contributed by atoms with Crippen LogP contribution >= 0.6 is 11.8 Å². The van der Waals surface area contributed by atoms with Crippen LogP contribution in [-0.4, -0.2) is 5.37 Å². The average molecular weight is 201 g/mol. The number of allylic oxidation sites excluding steroid dienone is 2. The van der Waals surface area contributed by atoms with Crippen molar-refractivity contribution in [1.82, 2.24) is 0 Å². The van der Waals surface area contributed by atoms with E-state index in [4.69, 9.17) is 0 Å². The Morgan fingerprint density at radius 3 is 3.14 bits per heavy atom. The second-order valence-electron chi connectivity index (χ2n) is 3.45. The summed E-state index contributed by atoms with van der Waals surface area (Å²) in [5, 5.41) is 0.558. The fourth-order valence-corrected chi connectivity index (χ4v) is 3.13. The lowest BCUT2D eigenvalue weighted by atomic mass is 10.3. The van der Waals surface area contributed by atoms with Crippen LogP contribution in [0.25, 0.3) is 0 Å². The SMILES string of the molecule is C1=CCC2Sc3ccccc3N2C=C1. The van der Waals surface area contributed by atoms with Crippen molar-refractivity contribution in [3.05, 3.63) is 48.7 Å². The zero-order valence-electron chi connectivity index (χ0n) is 7.76. The second kappa shape index (κ2) is 3.21. The quantitative estimate of drug-likeness (QED) is 0.633. The van der Waals surface area contributed by atoms with Crippen LogP contribution < -0.4 is 4.90 Å². The molecule has 2 aliphatic rings. The number of benzene rings is 1. The van der Waals surface area contributed by atoms with Crippen molar-refractivity contribution >= 4 is 17.4 Å². The van der Waals surface area contributed by atoms with E-state index < -0.39 is 0 Å². The molecule has 0 saturated carbocycles. The number of anilines is 1. The van der Waals surface area contributed by atoms with E-state index in [0.29, 0.717) is 5.37 Å². The first-order valence-electron chi connectivity index (χ1n) is 4.82. The van der Waals surface area contributed by atoms with E-state index in [1.807, 2.05) is 11.8 Å². The van der Waals surface area contributed by atoms with Gasteiger partial charge in [0.2, 0.25) is 0 Å². The van der Waals surface area contributed by atoms with Crippen LogP contribution in [0.2, 0.25) is 0 Å². The maximum atomic E-state index is 2.36. The fraction of sp³-hybridized carbons (Fsp3) is 0.167. The highest BCUT2D eigenvalue weighted by atomic mass is 32.2. The first kappa shape index (κ1) is 8.18. The second-order valence-corrected chi connectivity index (χ2v) is 4.67. The first-order valence-corrected chi connectivity index (χ1v) is 5.70. The number of rotatable bonds is 0. The van der Waals surface area contributed by atoms with E-state index in [-0.39, 0.29) is 0 Å². The highest BCUT2D eigenvalue weighted by molar-refractivity contribution is 8.00. The molecule has 2 heteroatoms. The molecule has 3 rings (SSSR count).